The molecule has 0 saturated carbocycles. The minimum absolute atomic E-state index is 0.152. The first-order chi connectivity index (χ1) is 8.35. The summed E-state index contributed by atoms with van der Waals surface area (Å²) >= 11 is 0. The quantitative estimate of drug-likeness (QED) is 0.870. The highest BCUT2D eigenvalue weighted by Gasteiger charge is 2.22. The molecule has 1 aromatic rings. The number of hydrogen-bond acceptors (Lipinski definition) is 3. The number of aliphatic hydroxyl groups is 1. The Morgan fingerprint density at radius 1 is 1.39 bits per heavy atom. The molecule has 0 bridgehead atoms. The third-order valence-electron chi connectivity index (χ3n) is 2.39. The second-order valence-corrected chi connectivity index (χ2v) is 4.90. The molecular formula is C14H21NO3. The maximum Gasteiger partial charge on any atom is 0.257 e. The molecule has 0 radical (unpaired) electrons. The molecule has 4 heteroatoms. The van der Waals surface area contributed by atoms with Gasteiger partial charge in [0, 0.05) is 13.6 Å². The largest absolute Gasteiger partial charge is 0.493 e. The van der Waals surface area contributed by atoms with Gasteiger partial charge in [0.05, 0.1) is 17.8 Å². The molecule has 0 saturated heterocycles. The van der Waals surface area contributed by atoms with E-state index in [0.717, 1.165) is 0 Å². The van der Waals surface area contributed by atoms with Gasteiger partial charge in [0.2, 0.25) is 0 Å². The maximum atomic E-state index is 12.3. The predicted molar refractivity (Wildman–Crippen MR) is 70.9 cm³/mol. The monoisotopic (exact) mass is 251 g/mol. The number of rotatable bonds is 5. The zero-order valence-corrected chi connectivity index (χ0v) is 11.4. The minimum Gasteiger partial charge on any atom is -0.493 e. The van der Waals surface area contributed by atoms with Crippen molar-refractivity contribution in [3.05, 3.63) is 29.8 Å². The van der Waals surface area contributed by atoms with Gasteiger partial charge in [0.25, 0.3) is 5.91 Å². The number of amides is 1. The van der Waals surface area contributed by atoms with Gasteiger partial charge in [0.1, 0.15) is 5.75 Å². The zero-order valence-electron chi connectivity index (χ0n) is 11.4. The fourth-order valence-corrected chi connectivity index (χ4v) is 1.78. The highest BCUT2D eigenvalue weighted by Crippen LogP contribution is 2.20. The Labute approximate surface area is 108 Å². The van der Waals surface area contributed by atoms with Crippen LogP contribution in [-0.2, 0) is 0 Å². The molecule has 0 atom stereocenters. The number of likely N-dealkylation sites (N-methyl/N-ethyl adjacent to an activating group) is 1. The van der Waals surface area contributed by atoms with Crippen molar-refractivity contribution in [3.63, 3.8) is 0 Å². The second-order valence-electron chi connectivity index (χ2n) is 4.90. The molecule has 4 nitrogen and oxygen atoms in total. The van der Waals surface area contributed by atoms with E-state index in [9.17, 15) is 9.90 Å². The first-order valence-electron chi connectivity index (χ1n) is 6.05. The van der Waals surface area contributed by atoms with E-state index in [1.807, 2.05) is 13.0 Å². The lowest BCUT2D eigenvalue weighted by molar-refractivity contribution is 0.0366. The van der Waals surface area contributed by atoms with E-state index in [-0.39, 0.29) is 12.5 Å². The van der Waals surface area contributed by atoms with Gasteiger partial charge in [-0.05, 0) is 32.9 Å². The van der Waals surface area contributed by atoms with Gasteiger partial charge in [0.15, 0.2) is 0 Å². The summed E-state index contributed by atoms with van der Waals surface area (Å²) in [6.45, 7) is 6.00. The van der Waals surface area contributed by atoms with Crippen molar-refractivity contribution in [2.24, 2.45) is 0 Å². The SMILES string of the molecule is CCOc1ccccc1C(=O)N(C)CC(C)(C)O. The summed E-state index contributed by atoms with van der Waals surface area (Å²) in [6.07, 6.45) is 0. The summed E-state index contributed by atoms with van der Waals surface area (Å²) in [5.74, 6) is 0.425. The molecule has 1 amide bonds. The molecule has 18 heavy (non-hydrogen) atoms. The minimum atomic E-state index is -0.912. The lowest BCUT2D eigenvalue weighted by Gasteiger charge is -2.26. The van der Waals surface area contributed by atoms with Crippen molar-refractivity contribution in [3.8, 4) is 5.75 Å². The lowest BCUT2D eigenvalue weighted by atomic mass is 10.1. The molecule has 0 fully saturated rings. The van der Waals surface area contributed by atoms with E-state index >= 15 is 0 Å². The van der Waals surface area contributed by atoms with Gasteiger partial charge < -0.3 is 14.7 Å². The first-order valence-corrected chi connectivity index (χ1v) is 6.05. The summed E-state index contributed by atoms with van der Waals surface area (Å²) < 4.78 is 5.43. The molecular weight excluding hydrogens is 230 g/mol. The summed E-state index contributed by atoms with van der Waals surface area (Å²) in [7, 11) is 1.67. The molecule has 100 valence electrons. The topological polar surface area (TPSA) is 49.8 Å². The second kappa shape index (κ2) is 5.87. The summed E-state index contributed by atoms with van der Waals surface area (Å²) in [5, 5.41) is 9.73. The van der Waals surface area contributed by atoms with Crippen LogP contribution < -0.4 is 4.74 Å². The summed E-state index contributed by atoms with van der Waals surface area (Å²) in [4.78, 5) is 13.8. The normalized spacial score (nSPS) is 11.2. The van der Waals surface area contributed by atoms with Crippen LogP contribution in [0.25, 0.3) is 0 Å². The molecule has 0 aliphatic heterocycles. The third-order valence-corrected chi connectivity index (χ3v) is 2.39. The zero-order chi connectivity index (χ0) is 13.8. The van der Waals surface area contributed by atoms with E-state index < -0.39 is 5.60 Å². The molecule has 1 rings (SSSR count). The van der Waals surface area contributed by atoms with E-state index in [0.29, 0.717) is 17.9 Å². The standard InChI is InChI=1S/C14H21NO3/c1-5-18-12-9-7-6-8-11(12)13(16)15(4)10-14(2,3)17/h6-9,17H,5,10H2,1-4H3. The molecule has 0 unspecified atom stereocenters. The van der Waals surface area contributed by atoms with E-state index in [1.165, 1.54) is 4.90 Å². The Kier molecular flexibility index (Phi) is 4.73. The van der Waals surface area contributed by atoms with Crippen molar-refractivity contribution in [1.29, 1.82) is 0 Å². The fraction of sp³-hybridized carbons (Fsp3) is 0.500. The molecule has 0 spiro atoms. The van der Waals surface area contributed by atoms with Gasteiger partial charge in [-0.2, -0.15) is 0 Å². The van der Waals surface area contributed by atoms with Crippen molar-refractivity contribution >= 4 is 5.91 Å². The Hall–Kier alpha value is -1.55. The van der Waals surface area contributed by atoms with Gasteiger partial charge >= 0.3 is 0 Å². The molecule has 0 aliphatic rings. The van der Waals surface area contributed by atoms with Gasteiger partial charge in [-0.1, -0.05) is 12.1 Å². The lowest BCUT2D eigenvalue weighted by Crippen LogP contribution is -2.39. The average molecular weight is 251 g/mol. The fourth-order valence-electron chi connectivity index (χ4n) is 1.78. The number of carbonyl (C=O) groups excluding carboxylic acids is 1. The van der Waals surface area contributed by atoms with Crippen LogP contribution in [0.2, 0.25) is 0 Å². The smallest absolute Gasteiger partial charge is 0.257 e. The number of ether oxygens (including phenoxy) is 1. The number of para-hydroxylation sites is 1. The summed E-state index contributed by atoms with van der Waals surface area (Å²) in [5.41, 5.74) is -0.392. The molecule has 1 N–H and O–H groups in total. The van der Waals surface area contributed by atoms with E-state index in [4.69, 9.17) is 4.74 Å². The Morgan fingerprint density at radius 3 is 2.56 bits per heavy atom. The van der Waals surface area contributed by atoms with Crippen molar-refractivity contribution in [2.45, 2.75) is 26.4 Å². The van der Waals surface area contributed by atoms with Crippen LogP contribution in [0.3, 0.4) is 0 Å². The number of benzene rings is 1. The number of hydrogen-bond donors (Lipinski definition) is 1. The van der Waals surface area contributed by atoms with E-state index in [2.05, 4.69) is 0 Å². The molecule has 0 heterocycles. The van der Waals surface area contributed by atoms with Crippen LogP contribution in [0.1, 0.15) is 31.1 Å². The van der Waals surface area contributed by atoms with Gasteiger partial charge in [-0.25, -0.2) is 0 Å². The van der Waals surface area contributed by atoms with Crippen molar-refractivity contribution < 1.29 is 14.6 Å². The van der Waals surface area contributed by atoms with Crippen LogP contribution in [0, 0.1) is 0 Å². The van der Waals surface area contributed by atoms with Crippen LogP contribution in [-0.4, -0.2) is 41.7 Å². The van der Waals surface area contributed by atoms with Crippen LogP contribution in [0.4, 0.5) is 0 Å². The summed E-state index contributed by atoms with van der Waals surface area (Å²) in [6, 6.07) is 7.13. The third kappa shape index (κ3) is 4.04. The van der Waals surface area contributed by atoms with Crippen LogP contribution in [0.5, 0.6) is 5.75 Å². The van der Waals surface area contributed by atoms with Crippen LogP contribution in [0.15, 0.2) is 24.3 Å². The van der Waals surface area contributed by atoms with Crippen molar-refractivity contribution in [2.75, 3.05) is 20.2 Å². The molecule has 1 aromatic carbocycles. The highest BCUT2D eigenvalue weighted by molar-refractivity contribution is 5.96. The average Bonchev–Trinajstić information content (AvgIpc) is 2.27. The Balaban J connectivity index is 2.89. The first kappa shape index (κ1) is 14.5. The highest BCUT2D eigenvalue weighted by atomic mass is 16.5. The molecule has 0 aromatic heterocycles. The molecule has 0 aliphatic carbocycles. The van der Waals surface area contributed by atoms with Crippen LogP contribution >= 0.6 is 0 Å². The van der Waals surface area contributed by atoms with Gasteiger partial charge in [-0.15, -0.1) is 0 Å². The number of nitrogens with zero attached hydrogens (tertiary/aromatic N) is 1. The Bertz CT molecular complexity index is 410. The van der Waals surface area contributed by atoms with E-state index in [1.54, 1.807) is 39.1 Å². The van der Waals surface area contributed by atoms with Gasteiger partial charge in [-0.3, -0.25) is 4.79 Å². The Morgan fingerprint density at radius 2 is 2.00 bits per heavy atom. The number of carbonyl (C=O) groups is 1. The maximum absolute atomic E-state index is 12.3. The predicted octanol–water partition coefficient (Wildman–Crippen LogP) is 1.93. The van der Waals surface area contributed by atoms with Crippen molar-refractivity contribution in [1.82, 2.24) is 4.90 Å².